The molecule has 0 aliphatic heterocycles. The molecule has 0 heterocycles. The van der Waals surface area contributed by atoms with Gasteiger partial charge in [-0.3, -0.25) is 14.4 Å². The standard InChI is InChI=1S/C8H13N3O4/c1-6(8(15)10-2-3-12)11-7(14)4-9-5-13/h3,5-6H,2,4H2,1H3,(H,9,13)(H,10,15)(H,11,14). The van der Waals surface area contributed by atoms with Gasteiger partial charge in [0, 0.05) is 0 Å². The first kappa shape index (κ1) is 13.1. The molecule has 0 rings (SSSR count). The van der Waals surface area contributed by atoms with Crippen molar-refractivity contribution in [3.05, 3.63) is 0 Å². The zero-order valence-electron chi connectivity index (χ0n) is 8.28. The molecule has 0 aromatic heterocycles. The predicted molar refractivity (Wildman–Crippen MR) is 50.7 cm³/mol. The molecule has 0 aliphatic carbocycles. The molecular weight excluding hydrogens is 202 g/mol. The van der Waals surface area contributed by atoms with E-state index in [1.54, 1.807) is 0 Å². The summed E-state index contributed by atoms with van der Waals surface area (Å²) in [6.45, 7) is 1.19. The molecule has 84 valence electrons. The van der Waals surface area contributed by atoms with Gasteiger partial charge in [-0.1, -0.05) is 0 Å². The van der Waals surface area contributed by atoms with Crippen LogP contribution in [0.1, 0.15) is 6.92 Å². The van der Waals surface area contributed by atoms with Crippen LogP contribution in [0.5, 0.6) is 0 Å². The van der Waals surface area contributed by atoms with Crippen molar-refractivity contribution in [1.29, 1.82) is 0 Å². The highest BCUT2D eigenvalue weighted by Crippen LogP contribution is 1.80. The summed E-state index contributed by atoms with van der Waals surface area (Å²) in [6, 6.07) is -0.745. The fourth-order valence-corrected chi connectivity index (χ4v) is 0.788. The fourth-order valence-electron chi connectivity index (χ4n) is 0.788. The third-order valence-corrected chi connectivity index (χ3v) is 1.48. The number of rotatable bonds is 7. The van der Waals surface area contributed by atoms with Crippen LogP contribution in [-0.2, 0) is 19.2 Å². The van der Waals surface area contributed by atoms with E-state index < -0.39 is 17.9 Å². The summed E-state index contributed by atoms with van der Waals surface area (Å²) in [6.07, 6.45) is 0.928. The van der Waals surface area contributed by atoms with Crippen LogP contribution in [0.3, 0.4) is 0 Å². The maximum Gasteiger partial charge on any atom is 0.242 e. The van der Waals surface area contributed by atoms with E-state index in [9.17, 15) is 19.2 Å². The second-order valence-corrected chi connectivity index (χ2v) is 2.70. The van der Waals surface area contributed by atoms with Crippen molar-refractivity contribution in [1.82, 2.24) is 16.0 Å². The molecule has 0 saturated carbocycles. The van der Waals surface area contributed by atoms with Gasteiger partial charge in [-0.25, -0.2) is 0 Å². The number of nitrogens with one attached hydrogen (secondary N) is 3. The molecule has 3 amide bonds. The van der Waals surface area contributed by atoms with Crippen LogP contribution in [-0.4, -0.2) is 43.6 Å². The van der Waals surface area contributed by atoms with Gasteiger partial charge in [0.1, 0.15) is 12.3 Å². The first-order valence-electron chi connectivity index (χ1n) is 4.29. The number of hydrogen-bond donors (Lipinski definition) is 3. The van der Waals surface area contributed by atoms with Crippen LogP contribution in [0.2, 0.25) is 0 Å². The topological polar surface area (TPSA) is 104 Å². The van der Waals surface area contributed by atoms with Crippen molar-refractivity contribution >= 4 is 24.5 Å². The van der Waals surface area contributed by atoms with Gasteiger partial charge in [-0.2, -0.15) is 0 Å². The van der Waals surface area contributed by atoms with Crippen LogP contribution < -0.4 is 16.0 Å². The Morgan fingerprint density at radius 2 is 2.00 bits per heavy atom. The summed E-state index contributed by atoms with van der Waals surface area (Å²) >= 11 is 0. The smallest absolute Gasteiger partial charge is 0.242 e. The molecule has 7 nitrogen and oxygen atoms in total. The van der Waals surface area contributed by atoms with E-state index in [4.69, 9.17) is 0 Å². The lowest BCUT2D eigenvalue weighted by Gasteiger charge is -2.12. The monoisotopic (exact) mass is 215 g/mol. The van der Waals surface area contributed by atoms with E-state index in [1.807, 2.05) is 0 Å². The lowest BCUT2D eigenvalue weighted by Crippen LogP contribution is -2.47. The van der Waals surface area contributed by atoms with Gasteiger partial charge in [0.15, 0.2) is 0 Å². The van der Waals surface area contributed by atoms with Gasteiger partial charge in [0.2, 0.25) is 18.2 Å². The molecule has 0 saturated heterocycles. The first-order valence-corrected chi connectivity index (χ1v) is 4.29. The van der Waals surface area contributed by atoms with Crippen molar-refractivity contribution in [3.8, 4) is 0 Å². The molecule has 0 spiro atoms. The average molecular weight is 215 g/mol. The Bertz CT molecular complexity index is 254. The van der Waals surface area contributed by atoms with Crippen molar-refractivity contribution < 1.29 is 19.2 Å². The largest absolute Gasteiger partial charge is 0.350 e. The number of carbonyl (C=O) groups excluding carboxylic acids is 4. The Kier molecular flexibility index (Phi) is 6.52. The Morgan fingerprint density at radius 1 is 1.33 bits per heavy atom. The number of amides is 3. The maximum atomic E-state index is 11.1. The van der Waals surface area contributed by atoms with Gasteiger partial charge >= 0.3 is 0 Å². The average Bonchev–Trinajstić information content (AvgIpc) is 2.22. The highest BCUT2D eigenvalue weighted by atomic mass is 16.2. The van der Waals surface area contributed by atoms with Gasteiger partial charge in [-0.15, -0.1) is 0 Å². The molecule has 0 aromatic rings. The summed E-state index contributed by atoms with van der Waals surface area (Å²) in [7, 11) is 0. The van der Waals surface area contributed by atoms with Crippen molar-refractivity contribution in [3.63, 3.8) is 0 Å². The van der Waals surface area contributed by atoms with Gasteiger partial charge in [0.05, 0.1) is 13.1 Å². The van der Waals surface area contributed by atoms with Crippen LogP contribution in [0.4, 0.5) is 0 Å². The van der Waals surface area contributed by atoms with E-state index in [1.165, 1.54) is 6.92 Å². The van der Waals surface area contributed by atoms with E-state index >= 15 is 0 Å². The maximum absolute atomic E-state index is 11.1. The van der Waals surface area contributed by atoms with Crippen LogP contribution in [0, 0.1) is 0 Å². The minimum absolute atomic E-state index is 0.0916. The zero-order valence-corrected chi connectivity index (χ0v) is 8.28. The summed E-state index contributed by atoms with van der Waals surface area (Å²) < 4.78 is 0. The van der Waals surface area contributed by atoms with Crippen LogP contribution >= 0.6 is 0 Å². The van der Waals surface area contributed by atoms with Gasteiger partial charge < -0.3 is 20.7 Å². The lowest BCUT2D eigenvalue weighted by molar-refractivity contribution is -0.128. The number of carbonyl (C=O) groups is 4. The van der Waals surface area contributed by atoms with Crippen LogP contribution in [0.15, 0.2) is 0 Å². The van der Waals surface area contributed by atoms with Crippen molar-refractivity contribution in [2.24, 2.45) is 0 Å². The number of hydrogen-bond acceptors (Lipinski definition) is 4. The number of aldehydes is 1. The summed E-state index contributed by atoms with van der Waals surface area (Å²) in [5, 5.41) is 6.77. The minimum atomic E-state index is -0.745. The minimum Gasteiger partial charge on any atom is -0.350 e. The third kappa shape index (κ3) is 6.19. The molecular formula is C8H13N3O4. The Morgan fingerprint density at radius 3 is 2.53 bits per heavy atom. The molecule has 0 radical (unpaired) electrons. The van der Waals surface area contributed by atoms with Crippen LogP contribution in [0.25, 0.3) is 0 Å². The molecule has 0 bridgehead atoms. The molecule has 0 aliphatic rings. The van der Waals surface area contributed by atoms with E-state index in [0.717, 1.165) is 0 Å². The first-order chi connectivity index (χ1) is 7.11. The molecule has 0 aromatic carbocycles. The second-order valence-electron chi connectivity index (χ2n) is 2.70. The van der Waals surface area contributed by atoms with Crippen molar-refractivity contribution in [2.75, 3.05) is 13.1 Å². The molecule has 15 heavy (non-hydrogen) atoms. The van der Waals surface area contributed by atoms with E-state index in [2.05, 4.69) is 16.0 Å². The highest BCUT2D eigenvalue weighted by Gasteiger charge is 2.14. The molecule has 0 fully saturated rings. The SMILES string of the molecule is CC(NC(=O)CNC=O)C(=O)NCC=O. The summed E-state index contributed by atoms with van der Waals surface area (Å²) in [5.74, 6) is -0.933. The Balaban J connectivity index is 3.84. The second kappa shape index (κ2) is 7.48. The predicted octanol–water partition coefficient (Wildman–Crippen LogP) is -2.45. The van der Waals surface area contributed by atoms with Gasteiger partial charge in [0.25, 0.3) is 0 Å². The van der Waals surface area contributed by atoms with Gasteiger partial charge in [-0.05, 0) is 6.92 Å². The third-order valence-electron chi connectivity index (χ3n) is 1.48. The Hall–Kier alpha value is -1.92. The molecule has 1 atom stereocenters. The normalized spacial score (nSPS) is 11.0. The molecule has 7 heteroatoms. The zero-order chi connectivity index (χ0) is 11.7. The van der Waals surface area contributed by atoms with E-state index in [0.29, 0.717) is 12.7 Å². The Labute approximate surface area is 86.6 Å². The summed E-state index contributed by atoms with van der Waals surface area (Å²) in [4.78, 5) is 42.0. The summed E-state index contributed by atoms with van der Waals surface area (Å²) in [5.41, 5.74) is 0. The molecule has 3 N–H and O–H groups in total. The van der Waals surface area contributed by atoms with E-state index in [-0.39, 0.29) is 13.1 Å². The lowest BCUT2D eigenvalue weighted by atomic mass is 10.3. The molecule has 1 unspecified atom stereocenters. The highest BCUT2D eigenvalue weighted by molar-refractivity contribution is 5.89. The van der Waals surface area contributed by atoms with Crippen molar-refractivity contribution in [2.45, 2.75) is 13.0 Å². The fraction of sp³-hybridized carbons (Fsp3) is 0.500. The quantitative estimate of drug-likeness (QED) is 0.410.